The summed E-state index contributed by atoms with van der Waals surface area (Å²) in [5, 5.41) is 0. The lowest BCUT2D eigenvalue weighted by molar-refractivity contribution is 0.164. The summed E-state index contributed by atoms with van der Waals surface area (Å²) < 4.78 is 10.4. The first-order valence-electron chi connectivity index (χ1n) is 3.08. The van der Waals surface area contributed by atoms with Gasteiger partial charge in [0.1, 0.15) is 13.2 Å². The van der Waals surface area contributed by atoms with E-state index in [9.17, 15) is 0 Å². The highest BCUT2D eigenvalue weighted by molar-refractivity contribution is 5.32. The molecule has 0 spiro atoms. The molecular formula is C7H6NO2. The Kier molecular flexibility index (Phi) is 1.20. The molecule has 51 valence electrons. The molecule has 0 atom stereocenters. The smallest absolute Gasteiger partial charge is 0.257 e. The highest BCUT2D eigenvalue weighted by Crippen LogP contribution is 2.25. The van der Waals surface area contributed by atoms with E-state index in [1.54, 1.807) is 12.3 Å². The average molecular weight is 136 g/mol. The summed E-state index contributed by atoms with van der Waals surface area (Å²) in [4.78, 5) is 3.92. The topological polar surface area (TPSA) is 31.4 Å². The second-order valence-electron chi connectivity index (χ2n) is 1.94. The predicted octanol–water partition coefficient (Wildman–Crippen LogP) is 0.653. The Morgan fingerprint density at radius 2 is 2.30 bits per heavy atom. The van der Waals surface area contributed by atoms with Gasteiger partial charge in [0.25, 0.3) is 5.88 Å². The third kappa shape index (κ3) is 0.795. The van der Waals surface area contributed by atoms with Crippen molar-refractivity contribution in [3.05, 3.63) is 18.3 Å². The van der Waals surface area contributed by atoms with Crippen molar-refractivity contribution in [3.63, 3.8) is 0 Å². The van der Waals surface area contributed by atoms with Gasteiger partial charge in [0.15, 0.2) is 5.75 Å². The molecule has 0 bridgehead atoms. The Labute approximate surface area is 58.6 Å². The Balaban J connectivity index is 2.41. The van der Waals surface area contributed by atoms with Crippen molar-refractivity contribution in [1.82, 2.24) is 4.98 Å². The molecule has 2 heterocycles. The molecule has 0 aromatic carbocycles. The van der Waals surface area contributed by atoms with Crippen LogP contribution in [0.25, 0.3) is 0 Å². The molecule has 0 unspecified atom stereocenters. The number of pyridine rings is 1. The zero-order valence-electron chi connectivity index (χ0n) is 5.33. The molecule has 2 rings (SSSR count). The number of ether oxygens (including phenoxy) is 2. The van der Waals surface area contributed by atoms with Gasteiger partial charge in [-0.15, -0.1) is 0 Å². The van der Waals surface area contributed by atoms with Crippen LogP contribution in [0.4, 0.5) is 0 Å². The molecule has 0 aliphatic carbocycles. The van der Waals surface area contributed by atoms with Crippen LogP contribution in [0, 0.1) is 6.07 Å². The van der Waals surface area contributed by atoms with E-state index in [0.717, 1.165) is 0 Å². The van der Waals surface area contributed by atoms with E-state index in [1.807, 2.05) is 0 Å². The van der Waals surface area contributed by atoms with Crippen molar-refractivity contribution in [1.29, 1.82) is 0 Å². The summed E-state index contributed by atoms with van der Waals surface area (Å²) >= 11 is 0. The molecule has 0 amide bonds. The quantitative estimate of drug-likeness (QED) is 0.524. The van der Waals surface area contributed by atoms with Gasteiger partial charge in [-0.05, 0) is 6.07 Å². The zero-order valence-corrected chi connectivity index (χ0v) is 5.33. The minimum atomic E-state index is 0.574. The van der Waals surface area contributed by atoms with E-state index >= 15 is 0 Å². The van der Waals surface area contributed by atoms with Crippen LogP contribution in [0.1, 0.15) is 0 Å². The molecule has 1 aliphatic heterocycles. The average Bonchev–Trinajstić information content (AvgIpc) is 2.05. The molecule has 1 aliphatic rings. The third-order valence-electron chi connectivity index (χ3n) is 1.26. The predicted molar refractivity (Wildman–Crippen MR) is 34.1 cm³/mol. The van der Waals surface area contributed by atoms with Gasteiger partial charge in [-0.25, -0.2) is 4.98 Å². The Hall–Kier alpha value is -1.25. The summed E-state index contributed by atoms with van der Waals surface area (Å²) in [6.45, 7) is 1.19. The molecule has 1 aromatic heterocycles. The highest BCUT2D eigenvalue weighted by atomic mass is 16.6. The molecule has 10 heavy (non-hydrogen) atoms. The SMILES string of the molecule is [c]1cnc2c(c1)OCCO2. The molecule has 0 fully saturated rings. The summed E-state index contributed by atoms with van der Waals surface area (Å²) in [6, 6.07) is 4.53. The minimum absolute atomic E-state index is 0.574. The van der Waals surface area contributed by atoms with Crippen molar-refractivity contribution in [2.75, 3.05) is 13.2 Å². The second kappa shape index (κ2) is 2.17. The summed E-state index contributed by atoms with van der Waals surface area (Å²) in [5.41, 5.74) is 0. The van der Waals surface area contributed by atoms with Gasteiger partial charge in [-0.3, -0.25) is 0 Å². The largest absolute Gasteiger partial charge is 0.484 e. The number of nitrogens with zero attached hydrogens (tertiary/aromatic N) is 1. The van der Waals surface area contributed by atoms with Crippen LogP contribution in [0.15, 0.2) is 12.3 Å². The Morgan fingerprint density at radius 1 is 1.40 bits per heavy atom. The fraction of sp³-hybridized carbons (Fsp3) is 0.286. The second-order valence-corrected chi connectivity index (χ2v) is 1.94. The van der Waals surface area contributed by atoms with Crippen LogP contribution in [-0.2, 0) is 0 Å². The molecule has 0 saturated carbocycles. The van der Waals surface area contributed by atoms with E-state index < -0.39 is 0 Å². The Bertz CT molecular complexity index is 212. The molecular weight excluding hydrogens is 130 g/mol. The van der Waals surface area contributed by atoms with Crippen molar-refractivity contribution in [2.45, 2.75) is 0 Å². The third-order valence-corrected chi connectivity index (χ3v) is 1.26. The van der Waals surface area contributed by atoms with Crippen molar-refractivity contribution >= 4 is 0 Å². The first-order valence-corrected chi connectivity index (χ1v) is 3.08. The lowest BCUT2D eigenvalue weighted by atomic mass is 10.4. The van der Waals surface area contributed by atoms with Crippen LogP contribution >= 0.6 is 0 Å². The number of fused-ring (bicyclic) bond motifs is 1. The molecule has 0 saturated heterocycles. The molecule has 3 nitrogen and oxygen atoms in total. The molecule has 3 heteroatoms. The van der Waals surface area contributed by atoms with Crippen LogP contribution in [0.2, 0.25) is 0 Å². The lowest BCUT2D eigenvalue weighted by Gasteiger charge is -2.15. The zero-order chi connectivity index (χ0) is 6.81. The number of hydrogen-bond acceptors (Lipinski definition) is 3. The van der Waals surface area contributed by atoms with E-state index in [1.165, 1.54) is 0 Å². The first-order chi connectivity index (χ1) is 4.97. The van der Waals surface area contributed by atoms with E-state index in [4.69, 9.17) is 9.47 Å². The standard InChI is InChI=1S/C7H6NO2/c1-2-6-7(8-3-1)10-5-4-9-6/h2-3H,4-5H2. The summed E-state index contributed by atoms with van der Waals surface area (Å²) in [7, 11) is 0. The lowest BCUT2D eigenvalue weighted by Crippen LogP contribution is -2.15. The van der Waals surface area contributed by atoms with Gasteiger partial charge in [-0.1, -0.05) is 0 Å². The van der Waals surface area contributed by atoms with E-state index in [0.29, 0.717) is 24.8 Å². The molecule has 1 aromatic rings. The molecule has 0 N–H and O–H groups in total. The maximum Gasteiger partial charge on any atom is 0.257 e. The fourth-order valence-electron chi connectivity index (χ4n) is 0.836. The van der Waals surface area contributed by atoms with Gasteiger partial charge in [0.2, 0.25) is 0 Å². The van der Waals surface area contributed by atoms with Crippen LogP contribution in [-0.4, -0.2) is 18.2 Å². The van der Waals surface area contributed by atoms with Crippen molar-refractivity contribution in [3.8, 4) is 11.6 Å². The Morgan fingerprint density at radius 3 is 3.20 bits per heavy atom. The van der Waals surface area contributed by atoms with E-state index in [-0.39, 0.29) is 0 Å². The highest BCUT2D eigenvalue weighted by Gasteiger charge is 2.10. The van der Waals surface area contributed by atoms with Crippen molar-refractivity contribution < 1.29 is 9.47 Å². The summed E-state index contributed by atoms with van der Waals surface area (Å²) in [5.74, 6) is 1.26. The number of aromatic nitrogens is 1. The van der Waals surface area contributed by atoms with Gasteiger partial charge in [0.05, 0.1) is 0 Å². The normalized spacial score (nSPS) is 14.8. The number of hydrogen-bond donors (Lipinski definition) is 0. The van der Waals surface area contributed by atoms with Crippen molar-refractivity contribution in [2.24, 2.45) is 0 Å². The number of rotatable bonds is 0. The van der Waals surface area contributed by atoms with Crippen LogP contribution in [0.3, 0.4) is 0 Å². The van der Waals surface area contributed by atoms with Gasteiger partial charge >= 0.3 is 0 Å². The minimum Gasteiger partial charge on any atom is -0.484 e. The van der Waals surface area contributed by atoms with Gasteiger partial charge in [0, 0.05) is 12.3 Å². The summed E-state index contributed by atoms with van der Waals surface area (Å²) in [6.07, 6.45) is 1.56. The molecule has 1 radical (unpaired) electrons. The monoisotopic (exact) mass is 136 g/mol. The maximum atomic E-state index is 5.20. The van der Waals surface area contributed by atoms with Crippen LogP contribution < -0.4 is 9.47 Å². The van der Waals surface area contributed by atoms with Crippen LogP contribution in [0.5, 0.6) is 11.6 Å². The van der Waals surface area contributed by atoms with E-state index in [2.05, 4.69) is 11.1 Å². The fourth-order valence-corrected chi connectivity index (χ4v) is 0.836. The van der Waals surface area contributed by atoms with Gasteiger partial charge < -0.3 is 9.47 Å². The van der Waals surface area contributed by atoms with Gasteiger partial charge in [-0.2, -0.15) is 0 Å². The first kappa shape index (κ1) is 5.53. The maximum absolute atomic E-state index is 5.20.